The molecule has 102 valence electrons. The number of hydrogen-bond donors (Lipinski definition) is 1. The van der Waals surface area contributed by atoms with Crippen molar-refractivity contribution in [3.8, 4) is 0 Å². The third-order valence-electron chi connectivity index (χ3n) is 3.45. The Balaban J connectivity index is 2.94. The van der Waals surface area contributed by atoms with Crippen LogP contribution >= 0.6 is 0 Å². The van der Waals surface area contributed by atoms with E-state index in [1.165, 1.54) is 11.3 Å². The molecule has 1 aromatic rings. The Bertz CT molecular complexity index is 343. The molecule has 0 spiro atoms. The van der Waals surface area contributed by atoms with E-state index < -0.39 is 0 Å². The van der Waals surface area contributed by atoms with Crippen molar-refractivity contribution in [2.75, 3.05) is 32.1 Å². The first kappa shape index (κ1) is 15.0. The molecule has 1 unspecified atom stereocenters. The second-order valence-electron chi connectivity index (χ2n) is 5.16. The molecule has 0 aliphatic carbocycles. The van der Waals surface area contributed by atoms with Gasteiger partial charge in [0, 0.05) is 38.4 Å². The summed E-state index contributed by atoms with van der Waals surface area (Å²) < 4.78 is 0. The highest BCUT2D eigenvalue weighted by Crippen LogP contribution is 2.23. The zero-order valence-corrected chi connectivity index (χ0v) is 12.4. The van der Waals surface area contributed by atoms with Crippen LogP contribution in [0, 0.1) is 0 Å². The Morgan fingerprint density at radius 2 is 1.67 bits per heavy atom. The lowest BCUT2D eigenvalue weighted by atomic mass is 10.0. The molecule has 0 heterocycles. The predicted octanol–water partition coefficient (Wildman–Crippen LogP) is 2.48. The summed E-state index contributed by atoms with van der Waals surface area (Å²) in [5.41, 5.74) is 8.49. The van der Waals surface area contributed by atoms with Crippen molar-refractivity contribution in [2.24, 2.45) is 5.73 Å². The Labute approximate surface area is 112 Å². The van der Waals surface area contributed by atoms with Crippen LogP contribution < -0.4 is 10.6 Å². The molecule has 2 N–H and O–H groups in total. The molecule has 0 amide bonds. The SMILES string of the molecule is CCN(C(C)C)C(CN)c1ccc(N(C)C)cc1. The zero-order chi connectivity index (χ0) is 13.7. The second-order valence-corrected chi connectivity index (χ2v) is 5.16. The highest BCUT2D eigenvalue weighted by atomic mass is 15.2. The quantitative estimate of drug-likeness (QED) is 0.840. The average Bonchev–Trinajstić information content (AvgIpc) is 2.35. The molecule has 1 rings (SSSR count). The molecule has 0 fully saturated rings. The van der Waals surface area contributed by atoms with Crippen molar-refractivity contribution in [1.82, 2.24) is 4.90 Å². The summed E-state index contributed by atoms with van der Waals surface area (Å²) in [7, 11) is 4.11. The minimum absolute atomic E-state index is 0.311. The monoisotopic (exact) mass is 249 g/mol. The number of likely N-dealkylation sites (N-methyl/N-ethyl adjacent to an activating group) is 1. The Morgan fingerprint density at radius 3 is 2.00 bits per heavy atom. The van der Waals surface area contributed by atoms with E-state index in [-0.39, 0.29) is 0 Å². The Hall–Kier alpha value is -1.06. The van der Waals surface area contributed by atoms with Crippen LogP contribution in [0.2, 0.25) is 0 Å². The van der Waals surface area contributed by atoms with Crippen molar-refractivity contribution in [3.05, 3.63) is 29.8 Å². The average molecular weight is 249 g/mol. The standard InChI is InChI=1S/C15H27N3/c1-6-18(12(2)3)15(11-16)13-7-9-14(10-8-13)17(4)5/h7-10,12,15H,6,11,16H2,1-5H3. The first-order valence-corrected chi connectivity index (χ1v) is 6.74. The van der Waals surface area contributed by atoms with E-state index in [4.69, 9.17) is 5.73 Å². The summed E-state index contributed by atoms with van der Waals surface area (Å²) in [5, 5.41) is 0. The molecular formula is C15H27N3. The van der Waals surface area contributed by atoms with E-state index in [1.807, 2.05) is 0 Å². The van der Waals surface area contributed by atoms with Gasteiger partial charge < -0.3 is 10.6 Å². The highest BCUT2D eigenvalue weighted by molar-refractivity contribution is 5.46. The molecule has 0 saturated heterocycles. The van der Waals surface area contributed by atoms with Gasteiger partial charge in [-0.25, -0.2) is 0 Å². The van der Waals surface area contributed by atoms with Crippen LogP contribution in [0.25, 0.3) is 0 Å². The predicted molar refractivity (Wildman–Crippen MR) is 80.1 cm³/mol. The maximum atomic E-state index is 5.96. The maximum Gasteiger partial charge on any atom is 0.0473 e. The summed E-state index contributed by atoms with van der Waals surface area (Å²) >= 11 is 0. The molecule has 1 atom stereocenters. The first-order chi connectivity index (χ1) is 8.51. The largest absolute Gasteiger partial charge is 0.378 e. The molecule has 3 nitrogen and oxygen atoms in total. The fourth-order valence-electron chi connectivity index (χ4n) is 2.40. The van der Waals surface area contributed by atoms with Gasteiger partial charge in [-0.05, 0) is 38.1 Å². The topological polar surface area (TPSA) is 32.5 Å². The van der Waals surface area contributed by atoms with Gasteiger partial charge in [-0.3, -0.25) is 4.90 Å². The van der Waals surface area contributed by atoms with Crippen LogP contribution in [0.15, 0.2) is 24.3 Å². The number of nitrogens with zero attached hydrogens (tertiary/aromatic N) is 2. The number of benzene rings is 1. The van der Waals surface area contributed by atoms with Crippen LogP contribution in [0.4, 0.5) is 5.69 Å². The van der Waals surface area contributed by atoms with Gasteiger partial charge in [-0.1, -0.05) is 19.1 Å². The van der Waals surface area contributed by atoms with Crippen molar-refractivity contribution in [1.29, 1.82) is 0 Å². The van der Waals surface area contributed by atoms with Gasteiger partial charge >= 0.3 is 0 Å². The van der Waals surface area contributed by atoms with Crippen LogP contribution in [0.1, 0.15) is 32.4 Å². The van der Waals surface area contributed by atoms with Gasteiger partial charge in [0.15, 0.2) is 0 Å². The van der Waals surface area contributed by atoms with Crippen LogP contribution in [0.5, 0.6) is 0 Å². The lowest BCUT2D eigenvalue weighted by molar-refractivity contribution is 0.166. The smallest absolute Gasteiger partial charge is 0.0473 e. The normalized spacial score (nSPS) is 13.1. The van der Waals surface area contributed by atoms with E-state index >= 15 is 0 Å². The van der Waals surface area contributed by atoms with E-state index in [0.717, 1.165) is 6.54 Å². The second kappa shape index (κ2) is 6.76. The summed E-state index contributed by atoms with van der Waals surface area (Å²) in [6.07, 6.45) is 0. The molecular weight excluding hydrogens is 222 g/mol. The summed E-state index contributed by atoms with van der Waals surface area (Å²) in [6, 6.07) is 9.52. The highest BCUT2D eigenvalue weighted by Gasteiger charge is 2.19. The number of hydrogen-bond acceptors (Lipinski definition) is 3. The third kappa shape index (κ3) is 3.47. The van der Waals surface area contributed by atoms with Crippen LogP contribution in [-0.2, 0) is 0 Å². The van der Waals surface area contributed by atoms with E-state index in [0.29, 0.717) is 18.6 Å². The molecule has 0 aliphatic heterocycles. The maximum absolute atomic E-state index is 5.96. The van der Waals surface area contributed by atoms with Crippen LogP contribution in [0.3, 0.4) is 0 Å². The van der Waals surface area contributed by atoms with E-state index in [1.54, 1.807) is 0 Å². The van der Waals surface area contributed by atoms with E-state index in [9.17, 15) is 0 Å². The van der Waals surface area contributed by atoms with Gasteiger partial charge in [0.2, 0.25) is 0 Å². The minimum Gasteiger partial charge on any atom is -0.378 e. The summed E-state index contributed by atoms with van der Waals surface area (Å²) in [5.74, 6) is 0. The molecule has 18 heavy (non-hydrogen) atoms. The van der Waals surface area contributed by atoms with Gasteiger partial charge in [0.1, 0.15) is 0 Å². The van der Waals surface area contributed by atoms with Crippen LogP contribution in [-0.4, -0.2) is 38.1 Å². The number of nitrogens with two attached hydrogens (primary N) is 1. The van der Waals surface area contributed by atoms with Crippen molar-refractivity contribution >= 4 is 5.69 Å². The van der Waals surface area contributed by atoms with Gasteiger partial charge in [-0.2, -0.15) is 0 Å². The van der Waals surface area contributed by atoms with Crippen molar-refractivity contribution in [2.45, 2.75) is 32.9 Å². The van der Waals surface area contributed by atoms with Gasteiger partial charge in [0.05, 0.1) is 0 Å². The molecule has 0 bridgehead atoms. The third-order valence-corrected chi connectivity index (χ3v) is 3.45. The lowest BCUT2D eigenvalue weighted by Crippen LogP contribution is -2.38. The molecule has 0 aromatic heterocycles. The summed E-state index contributed by atoms with van der Waals surface area (Å²) in [6.45, 7) is 8.32. The molecule has 0 aliphatic rings. The Kier molecular flexibility index (Phi) is 5.63. The molecule has 1 aromatic carbocycles. The Morgan fingerprint density at radius 1 is 1.11 bits per heavy atom. The fourth-order valence-corrected chi connectivity index (χ4v) is 2.40. The number of rotatable bonds is 6. The molecule has 0 radical (unpaired) electrons. The minimum atomic E-state index is 0.311. The number of anilines is 1. The van der Waals surface area contributed by atoms with E-state index in [2.05, 4.69) is 68.9 Å². The molecule has 0 saturated carbocycles. The fraction of sp³-hybridized carbons (Fsp3) is 0.600. The lowest BCUT2D eigenvalue weighted by Gasteiger charge is -2.33. The van der Waals surface area contributed by atoms with Gasteiger partial charge in [0.25, 0.3) is 0 Å². The zero-order valence-electron chi connectivity index (χ0n) is 12.4. The summed E-state index contributed by atoms with van der Waals surface area (Å²) in [4.78, 5) is 4.55. The van der Waals surface area contributed by atoms with Crippen molar-refractivity contribution < 1.29 is 0 Å². The van der Waals surface area contributed by atoms with Crippen molar-refractivity contribution in [3.63, 3.8) is 0 Å². The first-order valence-electron chi connectivity index (χ1n) is 6.74. The van der Waals surface area contributed by atoms with Gasteiger partial charge in [-0.15, -0.1) is 0 Å². The molecule has 3 heteroatoms.